The minimum Gasteiger partial charge on any atom is -0.466 e. The number of aliphatic hydroxyl groups excluding tert-OH is 1. The van der Waals surface area contributed by atoms with Crippen LogP contribution in [0.2, 0.25) is 0 Å². The molecule has 2 aromatic rings. The number of benzene rings is 2. The second kappa shape index (κ2) is 8.84. The van der Waals surface area contributed by atoms with Gasteiger partial charge in [0.1, 0.15) is 0 Å². The summed E-state index contributed by atoms with van der Waals surface area (Å²) in [6, 6.07) is 18.3. The molecule has 0 radical (unpaired) electrons. The highest BCUT2D eigenvalue weighted by atomic mass is 16.6. The van der Waals surface area contributed by atoms with Crippen LogP contribution >= 0.6 is 0 Å². The highest BCUT2D eigenvalue weighted by molar-refractivity contribution is 5.81. The maximum Gasteiger partial charge on any atom is 0.347 e. The highest BCUT2D eigenvalue weighted by Gasteiger charge is 2.27. The summed E-state index contributed by atoms with van der Waals surface area (Å²) >= 11 is 0. The normalized spacial score (nSPS) is 12.9. The Morgan fingerprint density at radius 3 is 1.88 bits per heavy atom. The van der Waals surface area contributed by atoms with Crippen molar-refractivity contribution >= 4 is 11.9 Å². The van der Waals surface area contributed by atoms with Gasteiger partial charge < -0.3 is 14.6 Å². The lowest BCUT2D eigenvalue weighted by molar-refractivity contribution is -0.171. The standard InChI is InChI=1S/C19H20O5/c1-23-19(22)17(13-15-10-6-3-7-11-15)24-18(21)16(20)12-14-8-4-2-5-9-14/h2-11,16-17,20H,12-13H2,1H3. The SMILES string of the molecule is COC(=O)C(Cc1ccccc1)OC(=O)C(O)Cc1ccccc1. The molecule has 126 valence electrons. The van der Waals surface area contributed by atoms with Crippen molar-refractivity contribution in [2.75, 3.05) is 7.11 Å². The van der Waals surface area contributed by atoms with E-state index < -0.39 is 24.1 Å². The van der Waals surface area contributed by atoms with Gasteiger partial charge in [0.25, 0.3) is 0 Å². The summed E-state index contributed by atoms with van der Waals surface area (Å²) in [7, 11) is 1.23. The van der Waals surface area contributed by atoms with Crippen LogP contribution < -0.4 is 0 Å². The molecular weight excluding hydrogens is 308 g/mol. The summed E-state index contributed by atoms with van der Waals surface area (Å²) in [6.45, 7) is 0. The third-order valence-electron chi connectivity index (χ3n) is 3.53. The van der Waals surface area contributed by atoms with Crippen LogP contribution in [0.15, 0.2) is 60.7 Å². The van der Waals surface area contributed by atoms with Gasteiger partial charge in [0.05, 0.1) is 7.11 Å². The van der Waals surface area contributed by atoms with Crippen LogP contribution in [0, 0.1) is 0 Å². The molecule has 0 aromatic heterocycles. The molecule has 2 rings (SSSR count). The third kappa shape index (κ3) is 5.21. The predicted octanol–water partition coefficient (Wildman–Crippen LogP) is 1.92. The lowest BCUT2D eigenvalue weighted by Crippen LogP contribution is -2.35. The van der Waals surface area contributed by atoms with E-state index >= 15 is 0 Å². The van der Waals surface area contributed by atoms with Crippen molar-refractivity contribution in [3.05, 3.63) is 71.8 Å². The number of carbonyl (C=O) groups is 2. The van der Waals surface area contributed by atoms with Gasteiger partial charge in [-0.3, -0.25) is 0 Å². The Kier molecular flexibility index (Phi) is 6.51. The highest BCUT2D eigenvalue weighted by Crippen LogP contribution is 2.11. The van der Waals surface area contributed by atoms with E-state index in [0.717, 1.165) is 11.1 Å². The van der Waals surface area contributed by atoms with Crippen molar-refractivity contribution in [3.8, 4) is 0 Å². The van der Waals surface area contributed by atoms with E-state index in [0.29, 0.717) is 0 Å². The molecule has 1 N–H and O–H groups in total. The number of aliphatic hydroxyl groups is 1. The minimum absolute atomic E-state index is 0.124. The zero-order valence-corrected chi connectivity index (χ0v) is 13.4. The number of rotatable bonds is 7. The van der Waals surface area contributed by atoms with Crippen LogP contribution in [0.3, 0.4) is 0 Å². The van der Waals surface area contributed by atoms with E-state index in [2.05, 4.69) is 4.74 Å². The van der Waals surface area contributed by atoms with Crippen molar-refractivity contribution in [1.82, 2.24) is 0 Å². The fraction of sp³-hybridized carbons (Fsp3) is 0.263. The van der Waals surface area contributed by atoms with Gasteiger partial charge >= 0.3 is 11.9 Å². The number of carbonyl (C=O) groups excluding carboxylic acids is 2. The first-order chi connectivity index (χ1) is 11.6. The maximum atomic E-state index is 12.1. The summed E-state index contributed by atoms with van der Waals surface area (Å²) in [5.41, 5.74) is 1.64. The zero-order chi connectivity index (χ0) is 17.4. The van der Waals surface area contributed by atoms with Gasteiger partial charge in [0.2, 0.25) is 6.10 Å². The fourth-order valence-corrected chi connectivity index (χ4v) is 2.27. The first kappa shape index (κ1) is 17.7. The Morgan fingerprint density at radius 2 is 1.38 bits per heavy atom. The van der Waals surface area contributed by atoms with Crippen LogP contribution in [0.5, 0.6) is 0 Å². The minimum atomic E-state index is -1.34. The molecule has 2 atom stereocenters. The molecule has 2 aromatic carbocycles. The molecule has 24 heavy (non-hydrogen) atoms. The van der Waals surface area contributed by atoms with Crippen molar-refractivity contribution in [1.29, 1.82) is 0 Å². The molecule has 0 heterocycles. The summed E-state index contributed by atoms with van der Waals surface area (Å²) in [5.74, 6) is -1.50. The molecule has 0 saturated carbocycles. The molecule has 0 bridgehead atoms. The molecule has 5 heteroatoms. The lowest BCUT2D eigenvalue weighted by Gasteiger charge is -2.18. The quantitative estimate of drug-likeness (QED) is 0.786. The number of hydrogen-bond donors (Lipinski definition) is 1. The average Bonchev–Trinajstić information content (AvgIpc) is 2.62. The van der Waals surface area contributed by atoms with Gasteiger partial charge in [0, 0.05) is 12.8 Å². The van der Waals surface area contributed by atoms with Gasteiger partial charge in [-0.25, -0.2) is 9.59 Å². The Morgan fingerprint density at radius 1 is 0.875 bits per heavy atom. The van der Waals surface area contributed by atoms with Crippen LogP contribution in [-0.4, -0.2) is 36.4 Å². The average molecular weight is 328 g/mol. The third-order valence-corrected chi connectivity index (χ3v) is 3.53. The molecule has 0 fully saturated rings. The van der Waals surface area contributed by atoms with Crippen LogP contribution in [-0.2, 0) is 31.9 Å². The van der Waals surface area contributed by atoms with Gasteiger partial charge in [-0.05, 0) is 11.1 Å². The second-order valence-electron chi connectivity index (χ2n) is 5.34. The fourth-order valence-electron chi connectivity index (χ4n) is 2.27. The largest absolute Gasteiger partial charge is 0.466 e. The second-order valence-corrected chi connectivity index (χ2v) is 5.34. The lowest BCUT2D eigenvalue weighted by atomic mass is 10.1. The molecule has 5 nitrogen and oxygen atoms in total. The predicted molar refractivity (Wildman–Crippen MR) is 88.2 cm³/mol. The van der Waals surface area contributed by atoms with Crippen molar-refractivity contribution < 1.29 is 24.2 Å². The molecule has 0 amide bonds. The summed E-state index contributed by atoms with van der Waals surface area (Å²) in [5, 5.41) is 10.0. The van der Waals surface area contributed by atoms with Gasteiger partial charge in [0.15, 0.2) is 6.10 Å². The van der Waals surface area contributed by atoms with E-state index in [4.69, 9.17) is 4.74 Å². The van der Waals surface area contributed by atoms with E-state index in [9.17, 15) is 14.7 Å². The Labute approximate surface area is 140 Å². The van der Waals surface area contributed by atoms with E-state index in [1.54, 1.807) is 12.1 Å². The van der Waals surface area contributed by atoms with Crippen LogP contribution in [0.4, 0.5) is 0 Å². The van der Waals surface area contributed by atoms with E-state index in [1.807, 2.05) is 48.5 Å². The number of esters is 2. The smallest absolute Gasteiger partial charge is 0.347 e. The van der Waals surface area contributed by atoms with Crippen molar-refractivity contribution in [2.24, 2.45) is 0 Å². The van der Waals surface area contributed by atoms with Crippen LogP contribution in [0.25, 0.3) is 0 Å². The molecule has 2 unspecified atom stereocenters. The number of ether oxygens (including phenoxy) is 2. The zero-order valence-electron chi connectivity index (χ0n) is 13.4. The summed E-state index contributed by atoms with van der Waals surface area (Å²) in [6.07, 6.45) is -2.11. The molecule has 0 spiro atoms. The summed E-state index contributed by atoms with van der Waals surface area (Å²) < 4.78 is 9.86. The Bertz CT molecular complexity index is 654. The Balaban J connectivity index is 2.00. The molecule has 0 aliphatic heterocycles. The summed E-state index contributed by atoms with van der Waals surface area (Å²) in [4.78, 5) is 23.9. The Hall–Kier alpha value is -2.66. The monoisotopic (exact) mass is 328 g/mol. The van der Waals surface area contributed by atoms with Gasteiger partial charge in [-0.2, -0.15) is 0 Å². The molecular formula is C19H20O5. The number of methoxy groups -OCH3 is 1. The first-order valence-corrected chi connectivity index (χ1v) is 7.64. The number of hydrogen-bond acceptors (Lipinski definition) is 5. The molecule has 0 saturated heterocycles. The van der Waals surface area contributed by atoms with Crippen LogP contribution in [0.1, 0.15) is 11.1 Å². The molecule has 0 aliphatic carbocycles. The maximum absolute atomic E-state index is 12.1. The first-order valence-electron chi connectivity index (χ1n) is 7.64. The molecule has 0 aliphatic rings. The van der Waals surface area contributed by atoms with Gasteiger partial charge in [-0.1, -0.05) is 60.7 Å². The van der Waals surface area contributed by atoms with Crippen molar-refractivity contribution in [2.45, 2.75) is 25.0 Å². The van der Waals surface area contributed by atoms with E-state index in [1.165, 1.54) is 7.11 Å². The van der Waals surface area contributed by atoms with E-state index in [-0.39, 0.29) is 12.8 Å². The van der Waals surface area contributed by atoms with Gasteiger partial charge in [-0.15, -0.1) is 0 Å². The topological polar surface area (TPSA) is 72.8 Å². The van der Waals surface area contributed by atoms with Crippen molar-refractivity contribution in [3.63, 3.8) is 0 Å².